The van der Waals surface area contributed by atoms with Crippen LogP contribution in [0, 0.1) is 0 Å². The van der Waals surface area contributed by atoms with Crippen LogP contribution in [0.2, 0.25) is 0 Å². The topological polar surface area (TPSA) is 68.2 Å². The van der Waals surface area contributed by atoms with Gasteiger partial charge in [0, 0.05) is 35.7 Å². The van der Waals surface area contributed by atoms with E-state index in [1.165, 1.54) is 11.3 Å². The Kier molecular flexibility index (Phi) is 14.2. The van der Waals surface area contributed by atoms with Crippen LogP contribution < -0.4 is 4.74 Å². The number of thiophene rings is 1. The number of likely N-dealkylation sites (tertiary alicyclic amines) is 1. The average molecular weight is 536 g/mol. The Morgan fingerprint density at radius 3 is 2.42 bits per heavy atom. The number of halogens is 1. The van der Waals surface area contributed by atoms with Crippen LogP contribution in [-0.4, -0.2) is 45.0 Å². The summed E-state index contributed by atoms with van der Waals surface area (Å²) in [6, 6.07) is 7.30. The van der Waals surface area contributed by atoms with Crippen molar-refractivity contribution in [1.29, 1.82) is 0 Å². The molecule has 1 amide bonds. The summed E-state index contributed by atoms with van der Waals surface area (Å²) in [5, 5.41) is 1.91. The van der Waals surface area contributed by atoms with E-state index in [1.807, 2.05) is 70.0 Å². The van der Waals surface area contributed by atoms with Gasteiger partial charge in [-0.05, 0) is 36.4 Å². The summed E-state index contributed by atoms with van der Waals surface area (Å²) in [5.74, 6) is 1.14. The fraction of sp³-hybridized carbons (Fsp3) is 0.440. The van der Waals surface area contributed by atoms with Crippen LogP contribution in [-0.2, 0) is 0 Å². The molecule has 3 aromatic rings. The summed E-state index contributed by atoms with van der Waals surface area (Å²) in [6.45, 7) is 13.3. The summed E-state index contributed by atoms with van der Waals surface area (Å²) < 4.78 is 6.91. The molecule has 1 fully saturated rings. The van der Waals surface area contributed by atoms with Crippen molar-refractivity contribution in [3.8, 4) is 16.6 Å². The largest absolute Gasteiger partial charge is 0.472 e. The van der Waals surface area contributed by atoms with Crippen LogP contribution in [0.4, 0.5) is 0 Å². The maximum atomic E-state index is 13.1. The van der Waals surface area contributed by atoms with Gasteiger partial charge in [0.2, 0.25) is 5.88 Å². The molecule has 4 rings (SSSR count). The number of piperidine rings is 1. The van der Waals surface area contributed by atoms with Crippen molar-refractivity contribution in [3.63, 3.8) is 0 Å². The number of amides is 1. The molecule has 4 heterocycles. The van der Waals surface area contributed by atoms with Crippen molar-refractivity contribution < 1.29 is 9.53 Å². The maximum absolute atomic E-state index is 13.1. The number of pyridine rings is 1. The third-order valence-corrected chi connectivity index (χ3v) is 5.72. The fourth-order valence-electron chi connectivity index (χ4n) is 3.08. The zero-order valence-electron chi connectivity index (χ0n) is 20.4. The van der Waals surface area contributed by atoms with Gasteiger partial charge in [-0.2, -0.15) is 0 Å². The van der Waals surface area contributed by atoms with Gasteiger partial charge in [-0.1, -0.05) is 57.5 Å². The molecule has 0 aromatic carbocycles. The van der Waals surface area contributed by atoms with Crippen molar-refractivity contribution in [2.24, 2.45) is 0 Å². The molecule has 8 heteroatoms. The quantitative estimate of drug-likeness (QED) is 0.356. The number of nitrogens with zero attached hydrogens (tertiary/aromatic N) is 4. The second kappa shape index (κ2) is 16.3. The number of hydrogen-bond acceptors (Lipinski definition) is 6. The van der Waals surface area contributed by atoms with E-state index in [0.29, 0.717) is 23.8 Å². The van der Waals surface area contributed by atoms with Crippen LogP contribution in [0.1, 0.15) is 64.7 Å². The molecule has 1 aliphatic rings. The molecule has 33 heavy (non-hydrogen) atoms. The zero-order chi connectivity index (χ0) is 24.6. The number of hydrogen-bond donors (Lipinski definition) is 0. The van der Waals surface area contributed by atoms with Crippen molar-refractivity contribution in [2.75, 3.05) is 13.1 Å². The molecule has 0 saturated carbocycles. The lowest BCUT2D eigenvalue weighted by atomic mass is 10.1. The van der Waals surface area contributed by atoms with Crippen molar-refractivity contribution in [2.45, 2.75) is 60.5 Å². The van der Waals surface area contributed by atoms with Gasteiger partial charge in [0.1, 0.15) is 6.10 Å². The molecule has 0 radical (unpaired) electrons. The molecular formula is C25H35BrN4O2S. The molecule has 1 saturated heterocycles. The third-order valence-electron chi connectivity index (χ3n) is 4.31. The van der Waals surface area contributed by atoms with Crippen molar-refractivity contribution >= 4 is 33.2 Å². The first-order valence-corrected chi connectivity index (χ1v) is 13.3. The summed E-state index contributed by atoms with van der Waals surface area (Å²) in [6.07, 6.45) is 6.79. The Morgan fingerprint density at radius 1 is 1.06 bits per heavy atom. The SMILES string of the molecule is CC.CC.CC.O=C(c1ccsc1-c1ncccn1)N1CCC[C@@H](Oc2cc(Br)ccn2)C1. The van der Waals surface area contributed by atoms with Crippen molar-refractivity contribution in [1.82, 2.24) is 19.9 Å². The highest BCUT2D eigenvalue weighted by atomic mass is 79.9. The Balaban J connectivity index is 0.000000841. The molecule has 1 atom stereocenters. The van der Waals surface area contributed by atoms with Gasteiger partial charge in [-0.25, -0.2) is 15.0 Å². The summed E-state index contributed by atoms with van der Waals surface area (Å²) >= 11 is 4.90. The predicted octanol–water partition coefficient (Wildman–Crippen LogP) is 7.12. The lowest BCUT2D eigenvalue weighted by molar-refractivity contribution is 0.0528. The van der Waals surface area contributed by atoms with E-state index >= 15 is 0 Å². The minimum absolute atomic E-state index is 0.00537. The minimum atomic E-state index is -0.0699. The Labute approximate surface area is 210 Å². The standard InChI is InChI=1S/C19H17BrN4O2S.3C2H6/c20-13-4-8-21-16(11-13)26-14-3-1-9-24(12-14)19(25)15-5-10-27-17(15)18-22-6-2-7-23-18;3*1-2/h2,4-8,10-11,14H,1,3,9,12H2;3*1-2H3/t14-;;;/m1.../s1. The van der Waals surface area contributed by atoms with E-state index in [9.17, 15) is 4.79 Å². The first-order chi connectivity index (χ1) is 16.2. The Morgan fingerprint density at radius 2 is 1.76 bits per heavy atom. The van der Waals surface area contributed by atoms with Crippen LogP contribution in [0.25, 0.3) is 10.7 Å². The summed E-state index contributed by atoms with van der Waals surface area (Å²) in [7, 11) is 0. The minimum Gasteiger partial charge on any atom is -0.472 e. The average Bonchev–Trinajstić information content (AvgIpc) is 3.38. The van der Waals surface area contributed by atoms with E-state index in [2.05, 4.69) is 30.9 Å². The predicted molar refractivity (Wildman–Crippen MR) is 141 cm³/mol. The highest BCUT2D eigenvalue weighted by Gasteiger charge is 2.28. The van der Waals surface area contributed by atoms with E-state index in [0.717, 1.165) is 28.7 Å². The monoisotopic (exact) mass is 534 g/mol. The molecule has 180 valence electrons. The van der Waals surface area contributed by atoms with E-state index in [4.69, 9.17) is 4.74 Å². The lowest BCUT2D eigenvalue weighted by Gasteiger charge is -2.32. The summed E-state index contributed by atoms with van der Waals surface area (Å²) in [5.41, 5.74) is 0.646. The zero-order valence-corrected chi connectivity index (χ0v) is 22.8. The van der Waals surface area contributed by atoms with Gasteiger partial charge in [0.15, 0.2) is 5.82 Å². The molecule has 0 unspecified atom stereocenters. The second-order valence-corrected chi connectivity index (χ2v) is 8.01. The Hall–Kier alpha value is -2.32. The van der Waals surface area contributed by atoms with Crippen LogP contribution >= 0.6 is 27.3 Å². The van der Waals surface area contributed by atoms with Crippen LogP contribution in [0.15, 0.2) is 52.7 Å². The first kappa shape index (κ1) is 28.7. The molecule has 0 N–H and O–H groups in total. The lowest BCUT2D eigenvalue weighted by Crippen LogP contribution is -2.44. The maximum Gasteiger partial charge on any atom is 0.255 e. The van der Waals surface area contributed by atoms with Gasteiger partial charge < -0.3 is 9.64 Å². The number of carbonyl (C=O) groups is 1. The molecule has 0 spiro atoms. The fourth-order valence-corrected chi connectivity index (χ4v) is 4.22. The molecule has 0 aliphatic carbocycles. The normalized spacial score (nSPS) is 14.4. The first-order valence-electron chi connectivity index (χ1n) is 11.6. The highest BCUT2D eigenvalue weighted by molar-refractivity contribution is 9.10. The van der Waals surface area contributed by atoms with Crippen LogP contribution in [0.3, 0.4) is 0 Å². The van der Waals surface area contributed by atoms with Gasteiger partial charge >= 0.3 is 0 Å². The smallest absolute Gasteiger partial charge is 0.255 e. The Bertz CT molecular complexity index is 937. The number of ether oxygens (including phenoxy) is 1. The van der Waals surface area contributed by atoms with E-state index < -0.39 is 0 Å². The molecule has 6 nitrogen and oxygen atoms in total. The second-order valence-electron chi connectivity index (χ2n) is 6.18. The molecule has 1 aliphatic heterocycles. The van der Waals surface area contributed by atoms with E-state index in [1.54, 1.807) is 24.7 Å². The van der Waals surface area contributed by atoms with Gasteiger partial charge in [0.05, 0.1) is 17.0 Å². The third kappa shape index (κ3) is 8.51. The number of carbonyl (C=O) groups excluding carboxylic acids is 1. The van der Waals surface area contributed by atoms with Crippen molar-refractivity contribution in [3.05, 3.63) is 58.3 Å². The van der Waals surface area contributed by atoms with Crippen LogP contribution in [0.5, 0.6) is 5.88 Å². The van der Waals surface area contributed by atoms with Gasteiger partial charge in [-0.15, -0.1) is 11.3 Å². The molecular weight excluding hydrogens is 500 g/mol. The highest BCUT2D eigenvalue weighted by Crippen LogP contribution is 2.29. The number of aromatic nitrogens is 3. The van der Waals surface area contributed by atoms with Gasteiger partial charge in [0.25, 0.3) is 5.91 Å². The van der Waals surface area contributed by atoms with Gasteiger partial charge in [-0.3, -0.25) is 4.79 Å². The number of rotatable bonds is 4. The van der Waals surface area contributed by atoms with E-state index in [-0.39, 0.29) is 12.0 Å². The summed E-state index contributed by atoms with van der Waals surface area (Å²) in [4.78, 5) is 28.6. The molecule has 0 bridgehead atoms. The molecule has 3 aromatic heterocycles.